The van der Waals surface area contributed by atoms with Crippen LogP contribution in [0.5, 0.6) is 0 Å². The van der Waals surface area contributed by atoms with Crippen molar-refractivity contribution < 1.29 is 9.18 Å². The lowest BCUT2D eigenvalue weighted by Gasteiger charge is -2.11. The van der Waals surface area contributed by atoms with E-state index in [4.69, 9.17) is 0 Å². The highest BCUT2D eigenvalue weighted by Crippen LogP contribution is 2.13. The quantitative estimate of drug-likeness (QED) is 0.748. The third-order valence-electron chi connectivity index (χ3n) is 4.03. The van der Waals surface area contributed by atoms with Crippen LogP contribution >= 0.6 is 0 Å². The largest absolute Gasteiger partial charge is 0.310 e. The minimum atomic E-state index is -0.295. The lowest BCUT2D eigenvalue weighted by atomic mass is 10.0. The standard InChI is InChI=1S/C18H19FN4O2/c1-11(6-7-13-4-3-5-14(19)9-13)18(25)21-15-10-17(24)23-16(20-15)8-12(2)22-23/h3-5,8-11,22H,6-7H2,1-2H3,(H,21,25). The molecule has 0 fully saturated rings. The van der Waals surface area contributed by atoms with E-state index in [1.54, 1.807) is 19.1 Å². The van der Waals surface area contributed by atoms with Crippen LogP contribution < -0.4 is 10.9 Å². The lowest BCUT2D eigenvalue weighted by Crippen LogP contribution is -2.24. The minimum Gasteiger partial charge on any atom is -0.310 e. The molecule has 0 bridgehead atoms. The predicted molar refractivity (Wildman–Crippen MR) is 93.1 cm³/mol. The van der Waals surface area contributed by atoms with Gasteiger partial charge in [0.05, 0.1) is 0 Å². The Morgan fingerprint density at radius 3 is 2.92 bits per heavy atom. The Bertz CT molecular complexity index is 977. The fourth-order valence-corrected chi connectivity index (χ4v) is 2.63. The van der Waals surface area contributed by atoms with Crippen LogP contribution in [0.4, 0.5) is 10.2 Å². The molecule has 2 N–H and O–H groups in total. The van der Waals surface area contributed by atoms with E-state index in [0.29, 0.717) is 18.5 Å². The Morgan fingerprint density at radius 2 is 2.16 bits per heavy atom. The van der Waals surface area contributed by atoms with E-state index in [9.17, 15) is 14.0 Å². The number of benzene rings is 1. The number of nitrogens with one attached hydrogen (secondary N) is 2. The van der Waals surface area contributed by atoms with Gasteiger partial charge in [-0.25, -0.2) is 13.9 Å². The van der Waals surface area contributed by atoms with Crippen LogP contribution in [-0.2, 0) is 11.2 Å². The van der Waals surface area contributed by atoms with Crippen molar-refractivity contribution in [3.05, 3.63) is 63.8 Å². The first-order valence-electron chi connectivity index (χ1n) is 8.07. The van der Waals surface area contributed by atoms with Crippen LogP contribution in [-0.4, -0.2) is 20.5 Å². The second-order valence-electron chi connectivity index (χ2n) is 6.17. The lowest BCUT2D eigenvalue weighted by molar-refractivity contribution is -0.119. The van der Waals surface area contributed by atoms with Crippen molar-refractivity contribution in [3.63, 3.8) is 0 Å². The smallest absolute Gasteiger partial charge is 0.274 e. The number of aromatic nitrogens is 3. The van der Waals surface area contributed by atoms with E-state index < -0.39 is 0 Å². The Labute approximate surface area is 143 Å². The molecule has 2 heterocycles. The van der Waals surface area contributed by atoms with Gasteiger partial charge in [-0.15, -0.1) is 0 Å². The van der Waals surface area contributed by atoms with Gasteiger partial charge in [0, 0.05) is 23.7 Å². The SMILES string of the molecule is Cc1cc2nc(NC(=O)C(C)CCc3cccc(F)c3)cc(=O)n2[nH]1. The van der Waals surface area contributed by atoms with Crippen LogP contribution in [0.15, 0.2) is 41.2 Å². The molecule has 0 saturated carbocycles. The molecule has 3 rings (SSSR count). The number of hydrogen-bond acceptors (Lipinski definition) is 3. The van der Waals surface area contributed by atoms with Gasteiger partial charge >= 0.3 is 0 Å². The molecule has 1 amide bonds. The monoisotopic (exact) mass is 342 g/mol. The van der Waals surface area contributed by atoms with E-state index in [2.05, 4.69) is 15.4 Å². The minimum absolute atomic E-state index is 0.222. The summed E-state index contributed by atoms with van der Waals surface area (Å²) in [4.78, 5) is 28.6. The third-order valence-corrected chi connectivity index (χ3v) is 4.03. The number of rotatable bonds is 5. The third kappa shape index (κ3) is 3.93. The van der Waals surface area contributed by atoms with Crippen LogP contribution in [0.1, 0.15) is 24.6 Å². The average Bonchev–Trinajstić information content (AvgIpc) is 2.93. The summed E-state index contributed by atoms with van der Waals surface area (Å²) in [7, 11) is 0. The number of carbonyl (C=O) groups excluding carboxylic acids is 1. The Kier molecular flexibility index (Phi) is 4.65. The fourth-order valence-electron chi connectivity index (χ4n) is 2.63. The van der Waals surface area contributed by atoms with Crippen molar-refractivity contribution in [1.29, 1.82) is 0 Å². The number of nitrogens with zero attached hydrogens (tertiary/aromatic N) is 2. The topological polar surface area (TPSA) is 79.3 Å². The number of hydrogen-bond donors (Lipinski definition) is 2. The second kappa shape index (κ2) is 6.88. The molecule has 6 nitrogen and oxygen atoms in total. The number of aromatic amines is 1. The van der Waals surface area contributed by atoms with Crippen LogP contribution in [0.2, 0.25) is 0 Å². The molecule has 1 aromatic carbocycles. The molecule has 3 aromatic rings. The number of amides is 1. The second-order valence-corrected chi connectivity index (χ2v) is 6.17. The molecular weight excluding hydrogens is 323 g/mol. The molecule has 0 aliphatic rings. The van der Waals surface area contributed by atoms with E-state index in [1.807, 2.05) is 13.0 Å². The van der Waals surface area contributed by atoms with Gasteiger partial charge in [-0.1, -0.05) is 19.1 Å². The fraction of sp³-hybridized carbons (Fsp3) is 0.278. The van der Waals surface area contributed by atoms with Crippen molar-refractivity contribution in [3.8, 4) is 0 Å². The molecule has 0 saturated heterocycles. The highest BCUT2D eigenvalue weighted by atomic mass is 19.1. The van der Waals surface area contributed by atoms with Gasteiger partial charge in [0.15, 0.2) is 5.65 Å². The Morgan fingerprint density at radius 1 is 1.36 bits per heavy atom. The number of halogens is 1. The molecule has 1 unspecified atom stereocenters. The Balaban J connectivity index is 1.66. The highest BCUT2D eigenvalue weighted by Gasteiger charge is 2.15. The van der Waals surface area contributed by atoms with E-state index in [-0.39, 0.29) is 29.0 Å². The molecular formula is C18H19FN4O2. The van der Waals surface area contributed by atoms with Gasteiger partial charge in [-0.2, -0.15) is 0 Å². The zero-order chi connectivity index (χ0) is 18.0. The van der Waals surface area contributed by atoms with Gasteiger partial charge in [-0.05, 0) is 37.5 Å². The van der Waals surface area contributed by atoms with E-state index >= 15 is 0 Å². The molecule has 1 atom stereocenters. The van der Waals surface area contributed by atoms with E-state index in [1.165, 1.54) is 22.7 Å². The van der Waals surface area contributed by atoms with Crippen molar-refractivity contribution in [2.45, 2.75) is 26.7 Å². The zero-order valence-electron chi connectivity index (χ0n) is 14.0. The summed E-state index contributed by atoms with van der Waals surface area (Å²) in [5.41, 5.74) is 1.81. The molecule has 25 heavy (non-hydrogen) atoms. The summed E-state index contributed by atoms with van der Waals surface area (Å²) >= 11 is 0. The molecule has 0 aliphatic heterocycles. The molecule has 0 spiro atoms. The average molecular weight is 342 g/mol. The van der Waals surface area contributed by atoms with Gasteiger partial charge in [0.1, 0.15) is 11.6 Å². The summed E-state index contributed by atoms with van der Waals surface area (Å²) in [6.45, 7) is 3.61. The summed E-state index contributed by atoms with van der Waals surface area (Å²) in [5, 5.41) is 5.55. The number of fused-ring (bicyclic) bond motifs is 1. The van der Waals surface area contributed by atoms with Gasteiger partial charge in [-0.3, -0.25) is 14.7 Å². The first-order chi connectivity index (χ1) is 11.9. The highest BCUT2D eigenvalue weighted by molar-refractivity contribution is 5.91. The maximum absolute atomic E-state index is 13.2. The number of H-pyrrole nitrogens is 1. The molecule has 130 valence electrons. The normalized spacial score (nSPS) is 12.3. The van der Waals surface area contributed by atoms with Crippen molar-refractivity contribution >= 4 is 17.4 Å². The van der Waals surface area contributed by atoms with Crippen LogP contribution in [0.3, 0.4) is 0 Å². The summed E-state index contributed by atoms with van der Waals surface area (Å²) in [6, 6.07) is 9.35. The van der Waals surface area contributed by atoms with E-state index in [0.717, 1.165) is 11.3 Å². The van der Waals surface area contributed by atoms with Gasteiger partial charge in [0.25, 0.3) is 5.56 Å². The summed E-state index contributed by atoms with van der Waals surface area (Å²) in [6.07, 6.45) is 1.16. The molecule has 0 aliphatic carbocycles. The van der Waals surface area contributed by atoms with Gasteiger partial charge in [0.2, 0.25) is 5.91 Å². The number of aryl methyl sites for hydroxylation is 2. The predicted octanol–water partition coefficient (Wildman–Crippen LogP) is 2.68. The summed E-state index contributed by atoms with van der Waals surface area (Å²) in [5.74, 6) is -0.572. The maximum Gasteiger partial charge on any atom is 0.274 e. The molecule has 0 radical (unpaired) electrons. The summed E-state index contributed by atoms with van der Waals surface area (Å²) < 4.78 is 14.5. The van der Waals surface area contributed by atoms with Crippen LogP contribution in [0, 0.1) is 18.7 Å². The first-order valence-corrected chi connectivity index (χ1v) is 8.07. The maximum atomic E-state index is 13.2. The van der Waals surface area contributed by atoms with Crippen molar-refractivity contribution in [1.82, 2.24) is 14.6 Å². The van der Waals surface area contributed by atoms with Crippen molar-refractivity contribution in [2.24, 2.45) is 5.92 Å². The zero-order valence-corrected chi connectivity index (χ0v) is 14.0. The van der Waals surface area contributed by atoms with Crippen LogP contribution in [0.25, 0.3) is 5.65 Å². The molecule has 2 aromatic heterocycles. The number of carbonyl (C=O) groups is 1. The number of anilines is 1. The molecule has 7 heteroatoms. The van der Waals surface area contributed by atoms with Gasteiger partial charge < -0.3 is 5.32 Å². The first kappa shape index (κ1) is 16.9. The van der Waals surface area contributed by atoms with Crippen molar-refractivity contribution in [2.75, 3.05) is 5.32 Å². The Hall–Kier alpha value is -2.96.